The highest BCUT2D eigenvalue weighted by Crippen LogP contribution is 2.45. The van der Waals surface area contributed by atoms with E-state index < -0.39 is 42.0 Å². The first-order valence-electron chi connectivity index (χ1n) is 43.5. The Hall–Kier alpha value is -10.1. The van der Waals surface area contributed by atoms with Crippen molar-refractivity contribution in [3.8, 4) is 0 Å². The van der Waals surface area contributed by atoms with Crippen LogP contribution in [0.5, 0.6) is 0 Å². The van der Waals surface area contributed by atoms with Crippen molar-refractivity contribution < 1.29 is 63.3 Å². The van der Waals surface area contributed by atoms with E-state index in [2.05, 4.69) is 174 Å². The molecule has 11 rings (SSSR count). The number of urea groups is 4. The number of nitrogen functional groups attached to an aromatic ring is 2. The second kappa shape index (κ2) is 43.5. The lowest BCUT2D eigenvalue weighted by atomic mass is 9.87. The molecule has 18 N–H and O–H groups in total. The second-order valence-electron chi connectivity index (χ2n) is 42.1. The standard InChI is InChI=1S/C30H44N8O4.C27H40N8O4.C16H26N2O2.C16H24N2O2.C5H13NO/c1-28(2,3)18-9-11-19(12-10-18)36-27(39)32-14-29(4,5)15-37(8)13-20-22-23(42-30(6,7)41-22)26(40-20)38-17-35-21-24(31)33-16-34-25(21)38;1-26(2,3)16-7-9-17(10-8-16)33-25(38)29-12-27(4,5)13-34(6)11-18-20(36)21(37)24(39-18)35-15-32-19-22(28)30-14-31-23(19)35;2*1-15(2,3)12-6-8-13(9-7-12)18-14(20)17-10-16(4,5)11-19;1-5(2,3-6)4-7/h9-12,16-17,20,22-23,26H,13-15H2,1-8H3,(H2,31,33,34)(H2,32,36,39);7-10,14-15,18,20-21,24,36-37H,11-13H2,1-6H3,(H2,28,30,31)(H2,29,33,38);6-9,19H,10-11H2,1-5H3,(H2,17,18,20);6-9,11H,10H2,1-5H3,(H2,17,18,20);7H,3-4,6H2,1-2H3/t20-,22-,23-,26-;18-,20-,21-,24-;;;/m11.../s1. The molecule has 8 aromatic rings. The van der Waals surface area contributed by atoms with Gasteiger partial charge in [-0.3, -0.25) is 9.13 Å². The fourth-order valence-corrected chi connectivity index (χ4v) is 13.9. The van der Waals surface area contributed by atoms with E-state index in [1.807, 2.05) is 176 Å². The zero-order valence-electron chi connectivity index (χ0n) is 80.2. The smallest absolute Gasteiger partial charge is 0.319 e. The number of aromatic nitrogens is 8. The number of anilines is 6. The first-order valence-corrected chi connectivity index (χ1v) is 43.5. The van der Waals surface area contributed by atoms with Gasteiger partial charge in [0.25, 0.3) is 0 Å². The van der Waals surface area contributed by atoms with Crippen molar-refractivity contribution in [1.82, 2.24) is 70.1 Å². The molecule has 0 radical (unpaired) electrons. The van der Waals surface area contributed by atoms with Crippen LogP contribution in [0.1, 0.15) is 201 Å². The minimum absolute atomic E-state index is 0.0353. The molecule has 0 bridgehead atoms. The van der Waals surface area contributed by atoms with E-state index in [1.54, 1.807) is 24.7 Å². The number of likely N-dealkylation sites (N-methyl/N-ethyl adjacent to an activating group) is 2. The summed E-state index contributed by atoms with van der Waals surface area (Å²) in [6.07, 6.45) is 1.56. The van der Waals surface area contributed by atoms with E-state index >= 15 is 0 Å². The lowest BCUT2D eigenvalue weighted by Gasteiger charge is -2.33. The lowest BCUT2D eigenvalue weighted by molar-refractivity contribution is -0.197. The van der Waals surface area contributed by atoms with Crippen LogP contribution >= 0.6 is 0 Å². The SMILES string of the molecule is CC(C)(C=O)CNC(=O)Nc1ccc(C(C)(C)C)cc1.CC(C)(CN)CO.CC(C)(CO)CNC(=O)Nc1ccc(C(C)(C)C)cc1.CN(C[C@H]1O[C@@H](n2cnc3c(N)ncnc32)[C@@H]2OC(C)(C)O[C@@H]21)CC(C)(C)CNC(=O)Nc1ccc(C(C)(C)C)cc1.CN(C[C@H]1O[C@@H](n2cnc3c(N)ncnc32)[C@H](O)[C@@H]1O)CC(C)(C)CNC(=O)Nc1ccc(C(C)(C)C)cc1. The van der Waals surface area contributed by atoms with Gasteiger partial charge in [0.1, 0.15) is 66.6 Å². The lowest BCUT2D eigenvalue weighted by Crippen LogP contribution is -2.45. The summed E-state index contributed by atoms with van der Waals surface area (Å²) in [6.45, 7) is 53.9. The second-order valence-corrected chi connectivity index (χ2v) is 42.1. The normalized spacial score (nSPS) is 18.9. The van der Waals surface area contributed by atoms with Gasteiger partial charge in [0.05, 0.1) is 12.7 Å². The molecule has 4 aromatic heterocycles. The number of aldehydes is 1. The van der Waals surface area contributed by atoms with Gasteiger partial charge in [-0.25, -0.2) is 49.1 Å². The molecule has 0 aliphatic carbocycles. The topological polar surface area (TPSA) is 471 Å². The Bertz CT molecular complexity index is 4890. The third-order valence-electron chi connectivity index (χ3n) is 21.8. The maximum Gasteiger partial charge on any atom is 0.319 e. The van der Waals surface area contributed by atoms with Crippen molar-refractivity contribution in [3.05, 3.63) is 145 Å². The monoisotopic (exact) mass is 1780 g/mol. The third-order valence-corrected chi connectivity index (χ3v) is 21.8. The molecular weight excluding hydrogens is 1630 g/mol. The molecule has 3 aliphatic rings. The molecule has 3 aliphatic heterocycles. The molecule has 4 aromatic carbocycles. The van der Waals surface area contributed by atoms with Crippen molar-refractivity contribution in [1.29, 1.82) is 0 Å². The summed E-state index contributed by atoms with van der Waals surface area (Å²) in [5.41, 5.74) is 25.8. The van der Waals surface area contributed by atoms with Crippen molar-refractivity contribution >= 4 is 87.1 Å². The average molecular weight is 1780 g/mol. The fourth-order valence-electron chi connectivity index (χ4n) is 13.9. The number of rotatable bonds is 26. The Morgan fingerprint density at radius 3 is 1.07 bits per heavy atom. The highest BCUT2D eigenvalue weighted by Gasteiger charge is 2.56. The van der Waals surface area contributed by atoms with Gasteiger partial charge in [-0.1, -0.05) is 201 Å². The molecule has 128 heavy (non-hydrogen) atoms. The molecule has 34 nitrogen and oxygen atoms in total. The van der Waals surface area contributed by atoms with Gasteiger partial charge in [0, 0.05) is 105 Å². The number of nitrogens with one attached hydrogen (secondary N) is 8. The largest absolute Gasteiger partial charge is 0.396 e. The summed E-state index contributed by atoms with van der Waals surface area (Å²) in [5, 5.41) is 61.9. The van der Waals surface area contributed by atoms with Crippen LogP contribution in [-0.2, 0) is 45.4 Å². The number of hydrogen-bond donors (Lipinski definition) is 15. The van der Waals surface area contributed by atoms with E-state index in [-0.39, 0.29) is 105 Å². The number of amides is 8. The summed E-state index contributed by atoms with van der Waals surface area (Å²) in [7, 11) is 3.96. The molecule has 8 amide bonds. The zero-order chi connectivity index (χ0) is 95.7. The first kappa shape index (κ1) is 105. The molecule has 3 fully saturated rings. The highest BCUT2D eigenvalue weighted by molar-refractivity contribution is 5.91. The number of ether oxygens (including phenoxy) is 4. The number of nitrogens with zero attached hydrogens (tertiary/aromatic N) is 10. The summed E-state index contributed by atoms with van der Waals surface area (Å²) in [4.78, 5) is 88.8. The van der Waals surface area contributed by atoms with Crippen molar-refractivity contribution in [2.75, 3.05) is 119 Å². The first-order chi connectivity index (χ1) is 59.3. The Kier molecular flexibility index (Phi) is 35.7. The summed E-state index contributed by atoms with van der Waals surface area (Å²) < 4.78 is 28.6. The highest BCUT2D eigenvalue weighted by atomic mass is 16.8. The van der Waals surface area contributed by atoms with Crippen molar-refractivity contribution in [2.45, 2.75) is 243 Å². The van der Waals surface area contributed by atoms with Crippen LogP contribution in [-0.4, -0.2) is 228 Å². The predicted octanol–water partition coefficient (Wildman–Crippen LogP) is 12.4. The zero-order valence-corrected chi connectivity index (χ0v) is 80.2. The number of aliphatic hydroxyl groups excluding tert-OH is 4. The van der Waals surface area contributed by atoms with Gasteiger partial charge in [0.15, 0.2) is 41.2 Å². The van der Waals surface area contributed by atoms with Crippen molar-refractivity contribution in [2.24, 2.45) is 32.8 Å². The number of fused-ring (bicyclic) bond motifs is 3. The molecule has 0 unspecified atom stereocenters. The minimum Gasteiger partial charge on any atom is -0.396 e. The van der Waals surface area contributed by atoms with E-state index in [0.29, 0.717) is 80.5 Å². The molecule has 706 valence electrons. The number of imidazole rings is 2. The molecule has 34 heteroatoms. The minimum atomic E-state index is -1.17. The predicted molar refractivity (Wildman–Crippen MR) is 505 cm³/mol. The third kappa shape index (κ3) is 31.6. The van der Waals surface area contributed by atoms with Crippen LogP contribution in [0, 0.1) is 27.1 Å². The van der Waals surface area contributed by atoms with Crippen LogP contribution < -0.4 is 59.7 Å². The number of aliphatic hydroxyl groups is 4. The Morgan fingerprint density at radius 2 is 0.750 bits per heavy atom. The van der Waals surface area contributed by atoms with Crippen LogP contribution in [0.15, 0.2) is 122 Å². The number of hydrogen-bond acceptors (Lipinski definition) is 24. The molecule has 0 spiro atoms. The maximum absolute atomic E-state index is 12.6. The van der Waals surface area contributed by atoms with E-state index in [9.17, 15) is 34.2 Å². The number of carbonyl (C=O) groups excluding carboxylic acids is 5. The van der Waals surface area contributed by atoms with E-state index in [4.69, 9.17) is 46.4 Å². The molecular formula is C94H147N21O13. The van der Waals surface area contributed by atoms with Gasteiger partial charge in [-0.2, -0.15) is 0 Å². The van der Waals surface area contributed by atoms with Gasteiger partial charge in [-0.15, -0.1) is 0 Å². The number of benzene rings is 4. The summed E-state index contributed by atoms with van der Waals surface area (Å²) in [5.74, 6) is -0.204. The maximum atomic E-state index is 12.6. The average Bonchev–Trinajstić information content (AvgIpc) is 1.59. The summed E-state index contributed by atoms with van der Waals surface area (Å²) in [6, 6.07) is 30.4. The quantitative estimate of drug-likeness (QED) is 0.0224. The van der Waals surface area contributed by atoms with Gasteiger partial charge < -0.3 is 114 Å². The molecule has 8 atom stereocenters. The van der Waals surface area contributed by atoms with Crippen LogP contribution in [0.2, 0.25) is 0 Å². The van der Waals surface area contributed by atoms with Crippen LogP contribution in [0.3, 0.4) is 0 Å². The van der Waals surface area contributed by atoms with Crippen LogP contribution in [0.4, 0.5) is 53.6 Å². The number of carbonyl (C=O) groups is 5. The van der Waals surface area contributed by atoms with E-state index in [1.165, 1.54) is 41.2 Å². The van der Waals surface area contributed by atoms with Crippen LogP contribution in [0.25, 0.3) is 22.3 Å². The van der Waals surface area contributed by atoms with Gasteiger partial charge in [-0.05, 0) is 138 Å². The fraction of sp³-hybridized carbons (Fsp3) is 0.585. The van der Waals surface area contributed by atoms with Crippen molar-refractivity contribution in [3.63, 3.8) is 0 Å². The van der Waals surface area contributed by atoms with Gasteiger partial charge >= 0.3 is 24.1 Å². The van der Waals surface area contributed by atoms with Gasteiger partial charge in [0.2, 0.25) is 0 Å². The molecule has 7 heterocycles. The Balaban J connectivity index is 0.000000239. The Labute approximate surface area is 756 Å². The molecule has 0 saturated carbocycles. The van der Waals surface area contributed by atoms with E-state index in [0.717, 1.165) is 35.6 Å². The number of nitrogens with two attached hydrogens (primary N) is 3. The molecule has 3 saturated heterocycles. The Morgan fingerprint density at radius 1 is 0.438 bits per heavy atom. The summed E-state index contributed by atoms with van der Waals surface area (Å²) >= 11 is 0.